The smallest absolute Gasteiger partial charge is 0.255 e. The number of pyridine rings is 1. The van der Waals surface area contributed by atoms with Crippen LogP contribution in [0.3, 0.4) is 0 Å². The zero-order valence-corrected chi connectivity index (χ0v) is 17.5. The minimum atomic E-state index is -0.690. The van der Waals surface area contributed by atoms with Gasteiger partial charge < -0.3 is 15.8 Å². The van der Waals surface area contributed by atoms with Crippen molar-refractivity contribution in [3.63, 3.8) is 0 Å². The van der Waals surface area contributed by atoms with Gasteiger partial charge in [-0.2, -0.15) is 0 Å². The Balaban J connectivity index is 3.06. The van der Waals surface area contributed by atoms with Crippen molar-refractivity contribution in [1.29, 1.82) is 0 Å². The molecule has 1 rings (SSSR count). The Morgan fingerprint density at radius 2 is 2.00 bits per heavy atom. The number of carbonyl (C=O) groups excluding carboxylic acids is 1. The second kappa shape index (κ2) is 10.3. The van der Waals surface area contributed by atoms with E-state index in [0.717, 1.165) is 11.3 Å². The number of hydrogen-bond acceptors (Lipinski definition) is 4. The van der Waals surface area contributed by atoms with Gasteiger partial charge in [-0.1, -0.05) is 18.7 Å². The number of aliphatic imine (C=N–C) groups is 1. The Labute approximate surface area is 167 Å². The van der Waals surface area contributed by atoms with Gasteiger partial charge in [-0.25, -0.2) is 4.99 Å². The first-order valence-electron chi connectivity index (χ1n) is 9.03. The molecule has 0 atom stereocenters. The summed E-state index contributed by atoms with van der Waals surface area (Å²) in [6, 6.07) is 5.53. The van der Waals surface area contributed by atoms with Crippen LogP contribution in [0.2, 0.25) is 0 Å². The van der Waals surface area contributed by atoms with Crippen molar-refractivity contribution < 1.29 is 9.53 Å². The Morgan fingerprint density at radius 1 is 1.32 bits per heavy atom. The van der Waals surface area contributed by atoms with Gasteiger partial charge in [-0.3, -0.25) is 9.78 Å². The molecule has 150 valence electrons. The van der Waals surface area contributed by atoms with Gasteiger partial charge in [0.05, 0.1) is 23.1 Å². The maximum Gasteiger partial charge on any atom is 0.255 e. The van der Waals surface area contributed by atoms with Crippen molar-refractivity contribution in [3.05, 3.63) is 77.7 Å². The van der Waals surface area contributed by atoms with Gasteiger partial charge in [-0.15, -0.1) is 0 Å². The summed E-state index contributed by atoms with van der Waals surface area (Å²) >= 11 is 0. The monoisotopic (exact) mass is 382 g/mol. The molecule has 1 amide bonds. The molecule has 1 aromatic rings. The van der Waals surface area contributed by atoms with Crippen LogP contribution in [0.5, 0.6) is 0 Å². The number of amidine groups is 1. The fourth-order valence-electron chi connectivity index (χ4n) is 2.28. The maximum absolute atomic E-state index is 12.7. The molecule has 0 aliphatic carbocycles. The predicted molar refractivity (Wildman–Crippen MR) is 114 cm³/mol. The number of ether oxygens (including phenoxy) is 1. The molecule has 1 aromatic heterocycles. The topological polar surface area (TPSA) is 89.6 Å². The number of nitrogens with one attached hydrogen (secondary N) is 1. The minimum absolute atomic E-state index is 0.0222. The Kier molecular flexibility index (Phi) is 8.38. The first-order valence-corrected chi connectivity index (χ1v) is 9.03. The van der Waals surface area contributed by atoms with Crippen LogP contribution in [-0.4, -0.2) is 16.7 Å². The Hall–Kier alpha value is -3.15. The van der Waals surface area contributed by atoms with E-state index in [4.69, 9.17) is 10.5 Å². The molecule has 0 bridgehead atoms. The average molecular weight is 383 g/mol. The van der Waals surface area contributed by atoms with E-state index >= 15 is 0 Å². The number of amides is 1. The SMILES string of the molecule is C=C(C(=O)NC(C)(C)c1ccccn1)C(N)=NC(=C(C)C)/C(=C/C)O/C=C\C. The quantitative estimate of drug-likeness (QED) is 0.233. The molecular formula is C22H30N4O2. The molecule has 0 aliphatic heterocycles. The summed E-state index contributed by atoms with van der Waals surface area (Å²) in [5.41, 5.74) is 7.63. The largest absolute Gasteiger partial charge is 0.463 e. The standard InChI is InChI=1S/C22H30N4O2/c1-8-14-28-17(9-2)19(15(3)4)25-20(23)16(5)21(27)26-22(6,7)18-12-10-11-13-24-18/h8-14H,5H2,1-4,6-7H3,(H2,23,25)(H,26,27)/b14-8-,17-9-. The van der Waals surface area contributed by atoms with E-state index in [1.807, 2.05) is 59.7 Å². The zero-order chi connectivity index (χ0) is 21.3. The van der Waals surface area contributed by atoms with E-state index in [0.29, 0.717) is 11.5 Å². The van der Waals surface area contributed by atoms with Gasteiger partial charge >= 0.3 is 0 Å². The molecule has 0 fully saturated rings. The normalized spacial score (nSPS) is 12.6. The average Bonchev–Trinajstić information content (AvgIpc) is 2.66. The Morgan fingerprint density at radius 3 is 2.50 bits per heavy atom. The van der Waals surface area contributed by atoms with Crippen LogP contribution in [0.1, 0.15) is 47.2 Å². The molecule has 6 nitrogen and oxygen atoms in total. The number of nitrogens with two attached hydrogens (primary N) is 1. The lowest BCUT2D eigenvalue weighted by Crippen LogP contribution is -2.44. The summed E-state index contributed by atoms with van der Waals surface area (Å²) in [6.45, 7) is 15.0. The highest BCUT2D eigenvalue weighted by atomic mass is 16.5. The molecular weight excluding hydrogens is 352 g/mol. The van der Waals surface area contributed by atoms with Crippen LogP contribution < -0.4 is 11.1 Å². The van der Waals surface area contributed by atoms with Crippen LogP contribution in [0.4, 0.5) is 0 Å². The van der Waals surface area contributed by atoms with E-state index < -0.39 is 11.4 Å². The number of carbonyl (C=O) groups is 1. The fourth-order valence-corrected chi connectivity index (χ4v) is 2.28. The van der Waals surface area contributed by atoms with E-state index in [1.165, 1.54) is 0 Å². The number of aromatic nitrogens is 1. The van der Waals surface area contributed by atoms with Crippen molar-refractivity contribution in [3.8, 4) is 0 Å². The van der Waals surface area contributed by atoms with Gasteiger partial charge in [0, 0.05) is 6.20 Å². The van der Waals surface area contributed by atoms with Crippen LogP contribution >= 0.6 is 0 Å². The summed E-state index contributed by atoms with van der Waals surface area (Å²) in [5, 5.41) is 2.90. The summed E-state index contributed by atoms with van der Waals surface area (Å²) < 4.78 is 5.56. The molecule has 0 spiro atoms. The molecule has 0 radical (unpaired) electrons. The maximum atomic E-state index is 12.7. The zero-order valence-electron chi connectivity index (χ0n) is 17.5. The van der Waals surface area contributed by atoms with Gasteiger partial charge in [0.15, 0.2) is 0 Å². The highest BCUT2D eigenvalue weighted by Crippen LogP contribution is 2.20. The third-order valence-electron chi connectivity index (χ3n) is 3.85. The molecule has 0 aliphatic rings. The summed E-state index contributed by atoms with van der Waals surface area (Å²) in [5.74, 6) is 0.151. The van der Waals surface area contributed by atoms with Crippen LogP contribution in [0.25, 0.3) is 0 Å². The molecule has 0 aromatic carbocycles. The van der Waals surface area contributed by atoms with Gasteiger partial charge in [-0.05, 0) is 65.3 Å². The lowest BCUT2D eigenvalue weighted by atomic mass is 9.99. The van der Waals surface area contributed by atoms with Gasteiger partial charge in [0.2, 0.25) is 0 Å². The van der Waals surface area contributed by atoms with Crippen molar-refractivity contribution in [2.75, 3.05) is 0 Å². The minimum Gasteiger partial charge on any atom is -0.463 e. The molecule has 0 saturated heterocycles. The molecule has 28 heavy (non-hydrogen) atoms. The van der Waals surface area contributed by atoms with Crippen molar-refractivity contribution in [1.82, 2.24) is 10.3 Å². The Bertz CT molecular complexity index is 827. The lowest BCUT2D eigenvalue weighted by molar-refractivity contribution is -0.118. The summed E-state index contributed by atoms with van der Waals surface area (Å²) in [6.07, 6.45) is 6.79. The highest BCUT2D eigenvalue weighted by Gasteiger charge is 2.26. The predicted octanol–water partition coefficient (Wildman–Crippen LogP) is 4.09. The van der Waals surface area contributed by atoms with Crippen molar-refractivity contribution in [2.45, 2.75) is 47.1 Å². The van der Waals surface area contributed by atoms with E-state index in [1.54, 1.807) is 24.6 Å². The lowest BCUT2D eigenvalue weighted by Gasteiger charge is -2.26. The van der Waals surface area contributed by atoms with E-state index in [2.05, 4.69) is 21.9 Å². The van der Waals surface area contributed by atoms with Crippen LogP contribution in [-0.2, 0) is 15.1 Å². The number of hydrogen-bond donors (Lipinski definition) is 2. The van der Waals surface area contributed by atoms with Gasteiger partial charge in [0.1, 0.15) is 17.3 Å². The number of allylic oxidation sites excluding steroid dienone is 3. The fraction of sp³-hybridized carbons (Fsp3) is 0.318. The second-order valence-corrected chi connectivity index (χ2v) is 6.86. The number of rotatable bonds is 8. The van der Waals surface area contributed by atoms with E-state index in [-0.39, 0.29) is 11.4 Å². The van der Waals surface area contributed by atoms with Crippen molar-refractivity contribution >= 4 is 11.7 Å². The van der Waals surface area contributed by atoms with Crippen molar-refractivity contribution in [2.24, 2.45) is 10.7 Å². The highest BCUT2D eigenvalue weighted by molar-refractivity contribution is 6.20. The van der Waals surface area contributed by atoms with Crippen LogP contribution in [0, 0.1) is 0 Å². The van der Waals surface area contributed by atoms with Crippen LogP contribution in [0.15, 0.2) is 77.0 Å². The molecule has 0 unspecified atom stereocenters. The van der Waals surface area contributed by atoms with E-state index in [9.17, 15) is 4.79 Å². The summed E-state index contributed by atoms with van der Waals surface area (Å²) in [4.78, 5) is 21.4. The third kappa shape index (κ3) is 6.23. The number of nitrogens with zero attached hydrogens (tertiary/aromatic N) is 2. The summed E-state index contributed by atoms with van der Waals surface area (Å²) in [7, 11) is 0. The first kappa shape index (κ1) is 22.9. The molecule has 3 N–H and O–H groups in total. The van der Waals surface area contributed by atoms with Gasteiger partial charge in [0.25, 0.3) is 5.91 Å². The molecule has 6 heteroatoms. The molecule has 1 heterocycles. The first-order chi connectivity index (χ1) is 13.1. The third-order valence-corrected chi connectivity index (χ3v) is 3.85. The second-order valence-electron chi connectivity index (χ2n) is 6.86. The molecule has 0 saturated carbocycles.